The predicted octanol–water partition coefficient (Wildman–Crippen LogP) is 2.75. The molecule has 0 bridgehead atoms. The summed E-state index contributed by atoms with van der Waals surface area (Å²) in [5.74, 6) is 0.170. The lowest BCUT2D eigenvalue weighted by Crippen LogP contribution is -2.12. The zero-order valence-corrected chi connectivity index (χ0v) is 8.93. The molecule has 0 rings (SSSR count). The standard InChI is InChI=1S/C11H20O2/c1-4-5-6-7-10(12)8-11(13)9(2)3/h9H,4-8H2,1-3H3. The Kier molecular flexibility index (Phi) is 6.47. The van der Waals surface area contributed by atoms with Crippen LogP contribution in [0.4, 0.5) is 0 Å². The summed E-state index contributed by atoms with van der Waals surface area (Å²) in [5, 5.41) is 0. The van der Waals surface area contributed by atoms with E-state index < -0.39 is 0 Å². The highest BCUT2D eigenvalue weighted by atomic mass is 16.1. The molecule has 0 radical (unpaired) electrons. The highest BCUT2D eigenvalue weighted by Crippen LogP contribution is 2.05. The van der Waals surface area contributed by atoms with Crippen LogP contribution >= 0.6 is 0 Å². The molecule has 0 heterocycles. The molecule has 0 saturated heterocycles. The van der Waals surface area contributed by atoms with Gasteiger partial charge in [-0.15, -0.1) is 0 Å². The Morgan fingerprint density at radius 2 is 1.77 bits per heavy atom. The molecular formula is C11H20O2. The molecule has 0 spiro atoms. The number of Topliss-reactive ketones (excluding diaryl/α,β-unsaturated/α-hetero) is 2. The Morgan fingerprint density at radius 1 is 1.15 bits per heavy atom. The van der Waals surface area contributed by atoms with Gasteiger partial charge in [0.15, 0.2) is 0 Å². The maximum atomic E-state index is 11.2. The zero-order valence-electron chi connectivity index (χ0n) is 8.93. The van der Waals surface area contributed by atoms with E-state index in [2.05, 4.69) is 6.92 Å². The van der Waals surface area contributed by atoms with E-state index >= 15 is 0 Å². The summed E-state index contributed by atoms with van der Waals surface area (Å²) in [6.07, 6.45) is 3.85. The van der Waals surface area contributed by atoms with Crippen molar-refractivity contribution in [2.75, 3.05) is 0 Å². The fourth-order valence-electron chi connectivity index (χ4n) is 1.06. The summed E-state index contributed by atoms with van der Waals surface area (Å²) < 4.78 is 0. The van der Waals surface area contributed by atoms with Gasteiger partial charge in [-0.3, -0.25) is 9.59 Å². The summed E-state index contributed by atoms with van der Waals surface area (Å²) in [6, 6.07) is 0. The van der Waals surface area contributed by atoms with Gasteiger partial charge >= 0.3 is 0 Å². The van der Waals surface area contributed by atoms with Crippen molar-refractivity contribution in [2.24, 2.45) is 5.92 Å². The van der Waals surface area contributed by atoms with Crippen molar-refractivity contribution in [3.05, 3.63) is 0 Å². The number of ketones is 2. The summed E-state index contributed by atoms with van der Waals surface area (Å²) in [5.41, 5.74) is 0. The van der Waals surface area contributed by atoms with E-state index in [1.54, 1.807) is 0 Å². The topological polar surface area (TPSA) is 34.1 Å². The summed E-state index contributed by atoms with van der Waals surface area (Å²) in [7, 11) is 0. The smallest absolute Gasteiger partial charge is 0.142 e. The van der Waals surface area contributed by atoms with Crippen molar-refractivity contribution >= 4 is 11.6 Å². The van der Waals surface area contributed by atoms with E-state index in [-0.39, 0.29) is 23.9 Å². The molecule has 0 aromatic rings. The highest BCUT2D eigenvalue weighted by Gasteiger charge is 2.11. The molecule has 2 heteroatoms. The van der Waals surface area contributed by atoms with Gasteiger partial charge in [0.25, 0.3) is 0 Å². The second-order valence-corrected chi connectivity index (χ2v) is 3.79. The number of hydrogen-bond donors (Lipinski definition) is 0. The summed E-state index contributed by atoms with van der Waals surface area (Å²) in [4.78, 5) is 22.4. The minimum absolute atomic E-state index is 0.00451. The third kappa shape index (κ3) is 6.50. The molecule has 0 N–H and O–H groups in total. The van der Waals surface area contributed by atoms with Gasteiger partial charge in [0.05, 0.1) is 6.42 Å². The monoisotopic (exact) mass is 184 g/mol. The molecule has 0 aromatic heterocycles. The van der Waals surface area contributed by atoms with Crippen LogP contribution in [0, 0.1) is 5.92 Å². The highest BCUT2D eigenvalue weighted by molar-refractivity contribution is 5.99. The van der Waals surface area contributed by atoms with Gasteiger partial charge < -0.3 is 0 Å². The van der Waals surface area contributed by atoms with E-state index in [0.717, 1.165) is 19.3 Å². The van der Waals surface area contributed by atoms with Crippen LogP contribution in [-0.4, -0.2) is 11.6 Å². The number of hydrogen-bond acceptors (Lipinski definition) is 2. The fourth-order valence-corrected chi connectivity index (χ4v) is 1.06. The Morgan fingerprint density at radius 3 is 2.23 bits per heavy atom. The minimum atomic E-state index is -0.00451. The molecule has 2 nitrogen and oxygen atoms in total. The van der Waals surface area contributed by atoms with Crippen LogP contribution in [-0.2, 0) is 9.59 Å². The maximum absolute atomic E-state index is 11.2. The van der Waals surface area contributed by atoms with Crippen molar-refractivity contribution in [1.29, 1.82) is 0 Å². The van der Waals surface area contributed by atoms with Gasteiger partial charge in [0.2, 0.25) is 0 Å². The average Bonchev–Trinajstić information content (AvgIpc) is 2.04. The zero-order chi connectivity index (χ0) is 10.3. The van der Waals surface area contributed by atoms with Crippen LogP contribution < -0.4 is 0 Å². The third-order valence-corrected chi connectivity index (χ3v) is 2.07. The average molecular weight is 184 g/mol. The quantitative estimate of drug-likeness (QED) is 0.450. The molecule has 0 atom stereocenters. The van der Waals surface area contributed by atoms with Crippen LogP contribution in [0.3, 0.4) is 0 Å². The molecular weight excluding hydrogens is 164 g/mol. The maximum Gasteiger partial charge on any atom is 0.142 e. The predicted molar refractivity (Wildman–Crippen MR) is 53.6 cm³/mol. The summed E-state index contributed by atoms with van der Waals surface area (Å²) >= 11 is 0. The van der Waals surface area contributed by atoms with Crippen molar-refractivity contribution in [1.82, 2.24) is 0 Å². The van der Waals surface area contributed by atoms with Crippen LogP contribution in [0.1, 0.15) is 52.9 Å². The minimum Gasteiger partial charge on any atom is -0.299 e. The van der Waals surface area contributed by atoms with E-state index in [0.29, 0.717) is 6.42 Å². The second-order valence-electron chi connectivity index (χ2n) is 3.79. The lowest BCUT2D eigenvalue weighted by molar-refractivity contribution is -0.128. The Bertz CT molecular complexity index is 171. The SMILES string of the molecule is CCCCCC(=O)CC(=O)C(C)C. The number of carbonyl (C=O) groups is 2. The second kappa shape index (κ2) is 6.81. The summed E-state index contributed by atoms with van der Waals surface area (Å²) in [6.45, 7) is 5.77. The van der Waals surface area contributed by atoms with Crippen molar-refractivity contribution in [3.63, 3.8) is 0 Å². The van der Waals surface area contributed by atoms with Crippen LogP contribution in [0.15, 0.2) is 0 Å². The molecule has 0 aromatic carbocycles. The Balaban J connectivity index is 3.56. The van der Waals surface area contributed by atoms with Crippen molar-refractivity contribution < 1.29 is 9.59 Å². The van der Waals surface area contributed by atoms with E-state index in [1.165, 1.54) is 0 Å². The fraction of sp³-hybridized carbons (Fsp3) is 0.818. The molecule has 0 unspecified atom stereocenters. The molecule has 0 fully saturated rings. The first-order chi connectivity index (χ1) is 6.07. The van der Waals surface area contributed by atoms with Crippen LogP contribution in [0.2, 0.25) is 0 Å². The molecule has 0 aliphatic heterocycles. The van der Waals surface area contributed by atoms with Crippen LogP contribution in [0.5, 0.6) is 0 Å². The van der Waals surface area contributed by atoms with Crippen molar-refractivity contribution in [2.45, 2.75) is 52.9 Å². The first kappa shape index (κ1) is 12.3. The lowest BCUT2D eigenvalue weighted by Gasteiger charge is -2.02. The number of rotatable bonds is 7. The van der Waals surface area contributed by atoms with E-state index in [1.807, 2.05) is 13.8 Å². The van der Waals surface area contributed by atoms with Crippen molar-refractivity contribution in [3.8, 4) is 0 Å². The molecule has 13 heavy (non-hydrogen) atoms. The van der Waals surface area contributed by atoms with Gasteiger partial charge in [-0.2, -0.15) is 0 Å². The van der Waals surface area contributed by atoms with Crippen LogP contribution in [0.25, 0.3) is 0 Å². The first-order valence-electron chi connectivity index (χ1n) is 5.12. The van der Waals surface area contributed by atoms with Gasteiger partial charge in [-0.1, -0.05) is 33.6 Å². The molecule has 0 saturated carbocycles. The van der Waals surface area contributed by atoms with Gasteiger partial charge in [-0.25, -0.2) is 0 Å². The molecule has 76 valence electrons. The Hall–Kier alpha value is -0.660. The first-order valence-corrected chi connectivity index (χ1v) is 5.12. The number of unbranched alkanes of at least 4 members (excludes halogenated alkanes) is 2. The molecule has 0 amide bonds. The van der Waals surface area contributed by atoms with E-state index in [4.69, 9.17) is 0 Å². The largest absolute Gasteiger partial charge is 0.299 e. The van der Waals surface area contributed by atoms with E-state index in [9.17, 15) is 9.59 Å². The molecule has 0 aliphatic rings. The lowest BCUT2D eigenvalue weighted by atomic mass is 10.0. The van der Waals surface area contributed by atoms with Gasteiger partial charge in [0, 0.05) is 12.3 Å². The van der Waals surface area contributed by atoms with Gasteiger partial charge in [0.1, 0.15) is 11.6 Å². The third-order valence-electron chi connectivity index (χ3n) is 2.07. The van der Waals surface area contributed by atoms with Gasteiger partial charge in [-0.05, 0) is 6.42 Å². The number of carbonyl (C=O) groups excluding carboxylic acids is 2. The Labute approximate surface area is 80.7 Å². The molecule has 0 aliphatic carbocycles. The normalized spacial score (nSPS) is 10.5.